The second kappa shape index (κ2) is 8.58. The smallest absolute Gasteiger partial charge is 0.306 e. The first-order valence-corrected chi connectivity index (χ1v) is 6.12. The number of pyridine rings is 1. The van der Waals surface area contributed by atoms with Gasteiger partial charge in [-0.3, -0.25) is 19.4 Å². The second-order valence-corrected chi connectivity index (χ2v) is 3.77. The molecule has 1 rings (SSSR count). The molecule has 0 bridgehead atoms. The van der Waals surface area contributed by atoms with Crippen molar-refractivity contribution in [3.8, 4) is 0 Å². The first-order chi connectivity index (χ1) is 9.65. The van der Waals surface area contributed by atoms with Crippen molar-refractivity contribution in [2.75, 3.05) is 6.61 Å². The molecule has 0 aromatic carbocycles. The standard InChI is InChI=1S/C14H15N2O4/c1-2-20-14(19)7-6-13(18)16-12(10-17)9-11-5-3-4-8-15-11/h3-5,8-9H,2,6-7H2,1H3,(H,16,18). The van der Waals surface area contributed by atoms with E-state index in [0.29, 0.717) is 5.69 Å². The number of amides is 1. The molecule has 1 N–H and O–H groups in total. The summed E-state index contributed by atoms with van der Waals surface area (Å²) in [4.78, 5) is 37.4. The highest BCUT2D eigenvalue weighted by atomic mass is 16.5. The predicted octanol–water partition coefficient (Wildman–Crippen LogP) is 0.992. The summed E-state index contributed by atoms with van der Waals surface area (Å²) in [6, 6.07) is 5.17. The fourth-order valence-corrected chi connectivity index (χ4v) is 1.36. The van der Waals surface area contributed by atoms with E-state index in [1.165, 1.54) is 6.08 Å². The molecular formula is C14H15N2O4. The van der Waals surface area contributed by atoms with Gasteiger partial charge in [-0.2, -0.15) is 0 Å². The molecule has 0 aliphatic rings. The number of allylic oxidation sites excluding steroid dienone is 1. The fraction of sp³-hybridized carbons (Fsp3) is 0.286. The molecule has 0 aliphatic carbocycles. The van der Waals surface area contributed by atoms with E-state index in [0.717, 1.165) is 0 Å². The zero-order valence-corrected chi connectivity index (χ0v) is 11.1. The summed E-state index contributed by atoms with van der Waals surface area (Å²) >= 11 is 0. The first-order valence-electron chi connectivity index (χ1n) is 6.12. The Morgan fingerprint density at radius 2 is 2.20 bits per heavy atom. The van der Waals surface area contributed by atoms with Crippen LogP contribution in [-0.4, -0.2) is 29.8 Å². The number of aromatic nitrogens is 1. The van der Waals surface area contributed by atoms with Gasteiger partial charge >= 0.3 is 5.97 Å². The third-order valence-electron chi connectivity index (χ3n) is 2.23. The summed E-state index contributed by atoms with van der Waals surface area (Å²) in [6.45, 7) is 1.96. The highest BCUT2D eigenvalue weighted by molar-refractivity contribution is 5.91. The average molecular weight is 275 g/mol. The lowest BCUT2D eigenvalue weighted by Gasteiger charge is -2.04. The molecule has 1 aromatic rings. The summed E-state index contributed by atoms with van der Waals surface area (Å²) in [5, 5.41) is 2.36. The normalized spacial score (nSPS) is 10.8. The molecule has 0 saturated heterocycles. The fourth-order valence-electron chi connectivity index (χ4n) is 1.36. The van der Waals surface area contributed by atoms with Crippen LogP contribution in [0.4, 0.5) is 0 Å². The molecule has 0 unspecified atom stereocenters. The highest BCUT2D eigenvalue weighted by Gasteiger charge is 2.09. The quantitative estimate of drug-likeness (QED) is 0.592. The van der Waals surface area contributed by atoms with Crippen LogP contribution in [0.15, 0.2) is 30.1 Å². The van der Waals surface area contributed by atoms with Crippen molar-refractivity contribution in [3.05, 3.63) is 35.8 Å². The van der Waals surface area contributed by atoms with Crippen molar-refractivity contribution in [1.82, 2.24) is 10.3 Å². The van der Waals surface area contributed by atoms with E-state index < -0.39 is 11.9 Å². The molecule has 6 heteroatoms. The van der Waals surface area contributed by atoms with Gasteiger partial charge in [-0.1, -0.05) is 6.07 Å². The third kappa shape index (κ3) is 5.90. The maximum Gasteiger partial charge on any atom is 0.306 e. The van der Waals surface area contributed by atoms with Gasteiger partial charge in [0, 0.05) is 12.6 Å². The molecule has 0 aliphatic heterocycles. The monoisotopic (exact) mass is 275 g/mol. The molecule has 1 aromatic heterocycles. The van der Waals surface area contributed by atoms with Crippen LogP contribution in [0.1, 0.15) is 25.5 Å². The summed E-state index contributed by atoms with van der Waals surface area (Å²) in [5.74, 6) is -0.906. The van der Waals surface area contributed by atoms with Gasteiger partial charge in [-0.05, 0) is 25.1 Å². The number of hydrogen-bond acceptors (Lipinski definition) is 5. The lowest BCUT2D eigenvalue weighted by molar-refractivity contribution is -0.144. The van der Waals surface area contributed by atoms with Crippen molar-refractivity contribution in [1.29, 1.82) is 0 Å². The number of ether oxygens (including phenoxy) is 1. The van der Waals surface area contributed by atoms with Crippen LogP contribution in [-0.2, 0) is 19.1 Å². The van der Waals surface area contributed by atoms with E-state index >= 15 is 0 Å². The molecule has 1 heterocycles. The van der Waals surface area contributed by atoms with Crippen LogP contribution in [0.25, 0.3) is 6.08 Å². The second-order valence-electron chi connectivity index (χ2n) is 3.77. The van der Waals surface area contributed by atoms with Crippen LogP contribution in [0.5, 0.6) is 0 Å². The van der Waals surface area contributed by atoms with E-state index in [2.05, 4.69) is 10.3 Å². The van der Waals surface area contributed by atoms with Crippen molar-refractivity contribution in [2.24, 2.45) is 0 Å². The van der Waals surface area contributed by atoms with Gasteiger partial charge in [0.05, 0.1) is 24.4 Å². The maximum atomic E-state index is 11.6. The maximum absolute atomic E-state index is 11.6. The molecule has 20 heavy (non-hydrogen) atoms. The Kier molecular flexibility index (Phi) is 6.67. The van der Waals surface area contributed by atoms with E-state index in [9.17, 15) is 14.4 Å². The van der Waals surface area contributed by atoms with Crippen molar-refractivity contribution in [3.63, 3.8) is 0 Å². The van der Waals surface area contributed by atoms with Gasteiger partial charge in [0.2, 0.25) is 5.91 Å². The Morgan fingerprint density at radius 1 is 1.40 bits per heavy atom. The largest absolute Gasteiger partial charge is 0.466 e. The Bertz CT molecular complexity index is 497. The van der Waals surface area contributed by atoms with Crippen molar-refractivity contribution < 1.29 is 19.1 Å². The SMILES string of the molecule is CCOC(=O)CCC(=O)NC([C]=O)=Cc1ccccn1. The van der Waals surface area contributed by atoms with Gasteiger partial charge in [0.1, 0.15) is 0 Å². The third-order valence-corrected chi connectivity index (χ3v) is 2.23. The predicted molar refractivity (Wildman–Crippen MR) is 71.9 cm³/mol. The molecule has 0 saturated carbocycles. The van der Waals surface area contributed by atoms with Crippen LogP contribution >= 0.6 is 0 Å². The zero-order valence-electron chi connectivity index (χ0n) is 11.1. The molecule has 0 spiro atoms. The van der Waals surface area contributed by atoms with Crippen LogP contribution < -0.4 is 5.32 Å². The average Bonchev–Trinajstić information content (AvgIpc) is 2.46. The van der Waals surface area contributed by atoms with Gasteiger partial charge in [0.25, 0.3) is 6.29 Å². The number of rotatable bonds is 7. The number of carbonyl (C=O) groups excluding carboxylic acids is 3. The van der Waals surface area contributed by atoms with Gasteiger partial charge in [0.15, 0.2) is 0 Å². The number of carbonyl (C=O) groups is 2. The Balaban J connectivity index is 2.52. The first kappa shape index (κ1) is 15.6. The lowest BCUT2D eigenvalue weighted by atomic mass is 10.2. The van der Waals surface area contributed by atoms with E-state index in [1.807, 2.05) is 0 Å². The Labute approximate surface area is 116 Å². The van der Waals surface area contributed by atoms with Crippen molar-refractivity contribution in [2.45, 2.75) is 19.8 Å². The summed E-state index contributed by atoms with van der Waals surface area (Å²) in [7, 11) is 0. The minimum absolute atomic E-state index is 0.0300. The van der Waals surface area contributed by atoms with E-state index in [-0.39, 0.29) is 25.1 Å². The molecule has 105 valence electrons. The molecule has 6 nitrogen and oxygen atoms in total. The number of esters is 1. The highest BCUT2D eigenvalue weighted by Crippen LogP contribution is 2.01. The molecule has 1 amide bonds. The number of hydrogen-bond donors (Lipinski definition) is 1. The van der Waals surface area contributed by atoms with Crippen molar-refractivity contribution >= 4 is 24.2 Å². The van der Waals surface area contributed by atoms with Crippen LogP contribution in [0, 0.1) is 0 Å². The van der Waals surface area contributed by atoms with Gasteiger partial charge in [-0.15, -0.1) is 0 Å². The molecular weight excluding hydrogens is 260 g/mol. The minimum Gasteiger partial charge on any atom is -0.466 e. The molecule has 0 atom stereocenters. The number of nitrogens with zero attached hydrogens (tertiary/aromatic N) is 1. The Hall–Kier alpha value is -2.50. The van der Waals surface area contributed by atoms with Crippen LogP contribution in [0.2, 0.25) is 0 Å². The Morgan fingerprint density at radius 3 is 2.80 bits per heavy atom. The minimum atomic E-state index is -0.455. The summed E-state index contributed by atoms with van der Waals surface area (Å²) < 4.78 is 4.70. The lowest BCUT2D eigenvalue weighted by Crippen LogP contribution is -2.24. The summed E-state index contributed by atoms with van der Waals surface area (Å²) in [6.07, 6.45) is 4.49. The molecule has 1 radical (unpaired) electrons. The molecule has 0 fully saturated rings. The topological polar surface area (TPSA) is 85.4 Å². The van der Waals surface area contributed by atoms with Gasteiger partial charge < -0.3 is 10.1 Å². The van der Waals surface area contributed by atoms with E-state index in [4.69, 9.17) is 4.74 Å². The summed E-state index contributed by atoms with van der Waals surface area (Å²) in [5.41, 5.74) is 0.495. The zero-order chi connectivity index (χ0) is 14.8. The van der Waals surface area contributed by atoms with Gasteiger partial charge in [-0.25, -0.2) is 0 Å². The number of nitrogens with one attached hydrogen (secondary N) is 1. The van der Waals surface area contributed by atoms with Crippen LogP contribution in [0.3, 0.4) is 0 Å². The van der Waals surface area contributed by atoms with E-state index in [1.54, 1.807) is 37.6 Å².